The standard InChI is InChI=1S/C19H20N4O2/c24-13-16-7-5-4-6-15(16)12-20-19(25)11-10-18-22-21-14-23(18)17-8-2-1-3-9-17/h1-9,14,24H,10-13H2,(H,20,25). The normalized spacial score (nSPS) is 10.6. The van der Waals surface area contributed by atoms with Crippen LogP contribution in [-0.2, 0) is 24.4 Å². The Bertz CT molecular complexity index is 830. The average molecular weight is 336 g/mol. The Balaban J connectivity index is 1.56. The predicted octanol–water partition coefficient (Wildman–Crippen LogP) is 2.01. The Hall–Kier alpha value is -2.99. The molecular formula is C19H20N4O2. The molecular weight excluding hydrogens is 316 g/mol. The van der Waals surface area contributed by atoms with Crippen molar-refractivity contribution in [3.8, 4) is 5.69 Å². The third kappa shape index (κ3) is 4.30. The van der Waals surface area contributed by atoms with E-state index in [4.69, 9.17) is 0 Å². The quantitative estimate of drug-likeness (QED) is 0.692. The molecule has 0 aliphatic heterocycles. The molecule has 25 heavy (non-hydrogen) atoms. The van der Waals surface area contributed by atoms with Crippen molar-refractivity contribution in [3.05, 3.63) is 77.9 Å². The first kappa shape index (κ1) is 16.9. The first-order valence-electron chi connectivity index (χ1n) is 8.16. The summed E-state index contributed by atoms with van der Waals surface area (Å²) < 4.78 is 1.88. The number of aliphatic hydroxyl groups excluding tert-OH is 1. The van der Waals surface area contributed by atoms with Gasteiger partial charge in [-0.15, -0.1) is 10.2 Å². The maximum Gasteiger partial charge on any atom is 0.220 e. The molecule has 3 aromatic rings. The molecule has 0 aliphatic carbocycles. The highest BCUT2D eigenvalue weighted by Gasteiger charge is 2.10. The van der Waals surface area contributed by atoms with Gasteiger partial charge in [0.1, 0.15) is 12.2 Å². The van der Waals surface area contributed by atoms with Crippen LogP contribution in [0.5, 0.6) is 0 Å². The highest BCUT2D eigenvalue weighted by molar-refractivity contribution is 5.76. The van der Waals surface area contributed by atoms with Crippen LogP contribution in [0.2, 0.25) is 0 Å². The van der Waals surface area contributed by atoms with Crippen LogP contribution in [0, 0.1) is 0 Å². The molecule has 0 saturated heterocycles. The number of carbonyl (C=O) groups excluding carboxylic acids is 1. The molecule has 6 heteroatoms. The van der Waals surface area contributed by atoms with E-state index in [9.17, 15) is 9.90 Å². The van der Waals surface area contributed by atoms with Crippen LogP contribution in [0.4, 0.5) is 0 Å². The number of benzene rings is 2. The minimum atomic E-state index is -0.0599. The second-order valence-electron chi connectivity index (χ2n) is 5.66. The molecule has 2 N–H and O–H groups in total. The molecule has 0 unspecified atom stereocenters. The van der Waals surface area contributed by atoms with Gasteiger partial charge in [-0.05, 0) is 23.3 Å². The van der Waals surface area contributed by atoms with Crippen LogP contribution in [0.3, 0.4) is 0 Å². The highest BCUT2D eigenvalue weighted by atomic mass is 16.3. The van der Waals surface area contributed by atoms with Gasteiger partial charge in [-0.2, -0.15) is 0 Å². The average Bonchev–Trinajstić information content (AvgIpc) is 3.14. The lowest BCUT2D eigenvalue weighted by molar-refractivity contribution is -0.121. The lowest BCUT2D eigenvalue weighted by Gasteiger charge is -2.09. The Kier molecular flexibility index (Phi) is 5.53. The predicted molar refractivity (Wildman–Crippen MR) is 93.9 cm³/mol. The van der Waals surface area contributed by atoms with Gasteiger partial charge < -0.3 is 10.4 Å². The number of aliphatic hydroxyl groups is 1. The van der Waals surface area contributed by atoms with Gasteiger partial charge in [0.25, 0.3) is 0 Å². The fourth-order valence-corrected chi connectivity index (χ4v) is 2.63. The number of nitrogens with one attached hydrogen (secondary N) is 1. The van der Waals surface area contributed by atoms with Crippen molar-refractivity contribution in [2.75, 3.05) is 0 Å². The number of amides is 1. The summed E-state index contributed by atoms with van der Waals surface area (Å²) in [5.74, 6) is 0.687. The van der Waals surface area contributed by atoms with Crippen molar-refractivity contribution < 1.29 is 9.90 Å². The Morgan fingerprint density at radius 1 is 1.04 bits per heavy atom. The first-order chi connectivity index (χ1) is 12.3. The SMILES string of the molecule is O=C(CCc1nncn1-c1ccccc1)NCc1ccccc1CO. The van der Waals surface area contributed by atoms with E-state index in [1.165, 1.54) is 0 Å². The summed E-state index contributed by atoms with van der Waals surface area (Å²) in [6.07, 6.45) is 2.48. The summed E-state index contributed by atoms with van der Waals surface area (Å²) in [5.41, 5.74) is 2.72. The maximum atomic E-state index is 12.1. The third-order valence-electron chi connectivity index (χ3n) is 3.99. The molecule has 3 rings (SSSR count). The van der Waals surface area contributed by atoms with Crippen LogP contribution in [0.1, 0.15) is 23.4 Å². The zero-order valence-electron chi connectivity index (χ0n) is 13.8. The molecule has 0 bridgehead atoms. The van der Waals surface area contributed by atoms with E-state index in [1.807, 2.05) is 59.2 Å². The van der Waals surface area contributed by atoms with Gasteiger partial charge in [-0.25, -0.2) is 0 Å². The summed E-state index contributed by atoms with van der Waals surface area (Å²) >= 11 is 0. The molecule has 1 amide bonds. The molecule has 0 fully saturated rings. The van der Waals surface area contributed by atoms with E-state index in [-0.39, 0.29) is 12.5 Å². The van der Waals surface area contributed by atoms with Gasteiger partial charge in [0.05, 0.1) is 6.61 Å². The number of hydrogen-bond donors (Lipinski definition) is 2. The fraction of sp³-hybridized carbons (Fsp3) is 0.211. The number of rotatable bonds is 7. The van der Waals surface area contributed by atoms with Gasteiger partial charge in [-0.1, -0.05) is 42.5 Å². The molecule has 1 heterocycles. The minimum Gasteiger partial charge on any atom is -0.392 e. The number of hydrogen-bond acceptors (Lipinski definition) is 4. The number of aromatic nitrogens is 3. The summed E-state index contributed by atoms with van der Waals surface area (Å²) in [7, 11) is 0. The van der Waals surface area contributed by atoms with E-state index in [0.29, 0.717) is 19.4 Å². The molecule has 0 spiro atoms. The van der Waals surface area contributed by atoms with Crippen molar-refractivity contribution in [2.45, 2.75) is 26.0 Å². The highest BCUT2D eigenvalue weighted by Crippen LogP contribution is 2.11. The lowest BCUT2D eigenvalue weighted by Crippen LogP contribution is -2.24. The van der Waals surface area contributed by atoms with Crippen molar-refractivity contribution in [3.63, 3.8) is 0 Å². The van der Waals surface area contributed by atoms with E-state index in [0.717, 1.165) is 22.6 Å². The number of aryl methyl sites for hydroxylation is 1. The number of para-hydroxylation sites is 1. The summed E-state index contributed by atoms with van der Waals surface area (Å²) in [6.45, 7) is 0.368. The molecule has 0 atom stereocenters. The maximum absolute atomic E-state index is 12.1. The number of nitrogens with zero attached hydrogens (tertiary/aromatic N) is 3. The zero-order valence-corrected chi connectivity index (χ0v) is 13.8. The summed E-state index contributed by atoms with van der Waals surface area (Å²) in [6, 6.07) is 17.3. The molecule has 2 aromatic carbocycles. The van der Waals surface area contributed by atoms with E-state index in [1.54, 1.807) is 6.33 Å². The van der Waals surface area contributed by atoms with Gasteiger partial charge >= 0.3 is 0 Å². The monoisotopic (exact) mass is 336 g/mol. The first-order valence-corrected chi connectivity index (χ1v) is 8.16. The second kappa shape index (κ2) is 8.21. The van der Waals surface area contributed by atoms with E-state index >= 15 is 0 Å². The van der Waals surface area contributed by atoms with Crippen molar-refractivity contribution in [1.82, 2.24) is 20.1 Å². The molecule has 0 radical (unpaired) electrons. The molecule has 1 aromatic heterocycles. The van der Waals surface area contributed by atoms with Gasteiger partial charge in [0, 0.05) is 25.1 Å². The Morgan fingerprint density at radius 3 is 2.52 bits per heavy atom. The molecule has 6 nitrogen and oxygen atoms in total. The summed E-state index contributed by atoms with van der Waals surface area (Å²) in [4.78, 5) is 12.1. The number of carbonyl (C=O) groups is 1. The molecule has 0 saturated carbocycles. The molecule has 0 aliphatic rings. The van der Waals surface area contributed by atoms with Crippen LogP contribution in [0.25, 0.3) is 5.69 Å². The van der Waals surface area contributed by atoms with Crippen LogP contribution >= 0.6 is 0 Å². The Labute approximate surface area is 146 Å². The Morgan fingerprint density at radius 2 is 1.76 bits per heavy atom. The van der Waals surface area contributed by atoms with Crippen LogP contribution in [0.15, 0.2) is 60.9 Å². The van der Waals surface area contributed by atoms with Gasteiger partial charge in [0.2, 0.25) is 5.91 Å². The van der Waals surface area contributed by atoms with Crippen molar-refractivity contribution in [2.24, 2.45) is 0 Å². The van der Waals surface area contributed by atoms with Gasteiger partial charge in [0.15, 0.2) is 0 Å². The zero-order chi connectivity index (χ0) is 17.5. The third-order valence-corrected chi connectivity index (χ3v) is 3.99. The van der Waals surface area contributed by atoms with E-state index in [2.05, 4.69) is 15.5 Å². The molecule has 128 valence electrons. The van der Waals surface area contributed by atoms with E-state index < -0.39 is 0 Å². The fourth-order valence-electron chi connectivity index (χ4n) is 2.63. The van der Waals surface area contributed by atoms with Crippen LogP contribution in [-0.4, -0.2) is 25.8 Å². The smallest absolute Gasteiger partial charge is 0.220 e. The van der Waals surface area contributed by atoms with Gasteiger partial charge in [-0.3, -0.25) is 9.36 Å². The van der Waals surface area contributed by atoms with Crippen molar-refractivity contribution in [1.29, 1.82) is 0 Å². The largest absolute Gasteiger partial charge is 0.392 e. The topological polar surface area (TPSA) is 80.0 Å². The van der Waals surface area contributed by atoms with Crippen LogP contribution < -0.4 is 5.32 Å². The summed E-state index contributed by atoms with van der Waals surface area (Å²) in [5, 5.41) is 20.3. The second-order valence-corrected chi connectivity index (χ2v) is 5.66. The lowest BCUT2D eigenvalue weighted by atomic mass is 10.1. The van der Waals surface area contributed by atoms with Crippen molar-refractivity contribution >= 4 is 5.91 Å². The minimum absolute atomic E-state index is 0.0355.